The van der Waals surface area contributed by atoms with Crippen molar-refractivity contribution in [2.75, 3.05) is 53.0 Å². The highest BCUT2D eigenvalue weighted by molar-refractivity contribution is 5.79. The SMILES string of the molecule is CCNC(=NCC(c1ccc(C)o1)N1CCOCC1)NCCc1ccc(OC)cc1. The van der Waals surface area contributed by atoms with E-state index in [1.54, 1.807) is 7.11 Å². The van der Waals surface area contributed by atoms with Crippen molar-refractivity contribution in [3.05, 3.63) is 53.5 Å². The van der Waals surface area contributed by atoms with Crippen molar-refractivity contribution < 1.29 is 13.9 Å². The first-order chi connectivity index (χ1) is 14.7. The van der Waals surface area contributed by atoms with Crippen LogP contribution < -0.4 is 15.4 Å². The fraction of sp³-hybridized carbons (Fsp3) is 0.522. The molecule has 3 rings (SSSR count). The highest BCUT2D eigenvalue weighted by atomic mass is 16.5. The third-order valence-electron chi connectivity index (χ3n) is 5.21. The number of benzene rings is 1. The standard InChI is InChI=1S/C23H34N4O3/c1-4-24-23(25-12-11-19-6-8-20(28-3)9-7-19)26-17-21(22-10-5-18(2)30-22)27-13-15-29-16-14-27/h5-10,21H,4,11-17H2,1-3H3,(H2,24,25,26). The number of nitrogens with zero attached hydrogens (tertiary/aromatic N) is 2. The van der Waals surface area contributed by atoms with E-state index in [1.165, 1.54) is 5.56 Å². The van der Waals surface area contributed by atoms with Gasteiger partial charge < -0.3 is 24.5 Å². The predicted molar refractivity (Wildman–Crippen MR) is 119 cm³/mol. The van der Waals surface area contributed by atoms with Crippen LogP contribution in [-0.2, 0) is 11.2 Å². The third kappa shape index (κ3) is 6.50. The van der Waals surface area contributed by atoms with Crippen molar-refractivity contribution in [1.29, 1.82) is 0 Å². The molecule has 7 nitrogen and oxygen atoms in total. The van der Waals surface area contributed by atoms with E-state index in [-0.39, 0.29) is 6.04 Å². The summed E-state index contributed by atoms with van der Waals surface area (Å²) in [6, 6.07) is 12.4. The van der Waals surface area contributed by atoms with Crippen LogP contribution in [0.15, 0.2) is 45.8 Å². The Kier molecular flexibility index (Phi) is 8.59. The number of hydrogen-bond donors (Lipinski definition) is 2. The molecule has 164 valence electrons. The van der Waals surface area contributed by atoms with Crippen molar-refractivity contribution in [1.82, 2.24) is 15.5 Å². The van der Waals surface area contributed by atoms with Crippen LogP contribution in [0.3, 0.4) is 0 Å². The molecule has 1 fully saturated rings. The van der Waals surface area contributed by atoms with Crippen molar-refractivity contribution in [2.24, 2.45) is 4.99 Å². The van der Waals surface area contributed by atoms with E-state index in [9.17, 15) is 0 Å². The Morgan fingerprint density at radius 1 is 1.13 bits per heavy atom. The first-order valence-corrected chi connectivity index (χ1v) is 10.7. The lowest BCUT2D eigenvalue weighted by Crippen LogP contribution is -2.42. The minimum absolute atomic E-state index is 0.111. The fourth-order valence-electron chi connectivity index (χ4n) is 3.54. The van der Waals surface area contributed by atoms with Gasteiger partial charge in [0.15, 0.2) is 5.96 Å². The van der Waals surface area contributed by atoms with Crippen molar-refractivity contribution in [2.45, 2.75) is 26.3 Å². The third-order valence-corrected chi connectivity index (χ3v) is 5.21. The van der Waals surface area contributed by atoms with E-state index in [0.29, 0.717) is 6.54 Å². The maximum Gasteiger partial charge on any atom is 0.191 e. The van der Waals surface area contributed by atoms with E-state index in [2.05, 4.69) is 40.7 Å². The van der Waals surface area contributed by atoms with Gasteiger partial charge in [0, 0.05) is 26.2 Å². The van der Waals surface area contributed by atoms with Gasteiger partial charge in [-0.2, -0.15) is 0 Å². The van der Waals surface area contributed by atoms with Crippen LogP contribution in [0.2, 0.25) is 0 Å². The maximum absolute atomic E-state index is 5.95. The molecular weight excluding hydrogens is 380 g/mol. The van der Waals surface area contributed by atoms with E-state index in [4.69, 9.17) is 18.9 Å². The van der Waals surface area contributed by atoms with Crippen LogP contribution in [0.25, 0.3) is 0 Å². The summed E-state index contributed by atoms with van der Waals surface area (Å²) < 4.78 is 16.7. The first kappa shape index (κ1) is 22.2. The van der Waals surface area contributed by atoms with E-state index in [1.807, 2.05) is 25.1 Å². The smallest absolute Gasteiger partial charge is 0.191 e. The molecule has 0 aliphatic carbocycles. The first-order valence-electron chi connectivity index (χ1n) is 10.7. The Hall–Kier alpha value is -2.51. The van der Waals surface area contributed by atoms with Crippen LogP contribution in [0.1, 0.15) is 30.0 Å². The zero-order valence-electron chi connectivity index (χ0n) is 18.3. The lowest BCUT2D eigenvalue weighted by atomic mass is 10.1. The highest BCUT2D eigenvalue weighted by Gasteiger charge is 2.25. The van der Waals surface area contributed by atoms with Gasteiger partial charge in [-0.25, -0.2) is 0 Å². The molecule has 1 atom stereocenters. The van der Waals surface area contributed by atoms with Gasteiger partial charge in [0.2, 0.25) is 0 Å². The number of nitrogens with one attached hydrogen (secondary N) is 2. The summed E-state index contributed by atoms with van der Waals surface area (Å²) in [7, 11) is 1.68. The van der Waals surface area contributed by atoms with Gasteiger partial charge in [0.05, 0.1) is 32.9 Å². The van der Waals surface area contributed by atoms with Crippen LogP contribution in [0.4, 0.5) is 0 Å². The Morgan fingerprint density at radius 2 is 1.90 bits per heavy atom. The van der Waals surface area contributed by atoms with E-state index < -0.39 is 0 Å². The normalized spacial score (nSPS) is 16.3. The predicted octanol–water partition coefficient (Wildman–Crippen LogP) is 2.77. The summed E-state index contributed by atoms with van der Waals surface area (Å²) in [6.07, 6.45) is 0.915. The largest absolute Gasteiger partial charge is 0.497 e. The summed E-state index contributed by atoms with van der Waals surface area (Å²) in [4.78, 5) is 7.26. The molecule has 2 N–H and O–H groups in total. The molecule has 2 aromatic rings. The van der Waals surface area contributed by atoms with Crippen molar-refractivity contribution in [3.63, 3.8) is 0 Å². The number of aryl methyl sites for hydroxylation is 1. The van der Waals surface area contributed by atoms with E-state index in [0.717, 1.165) is 69.0 Å². The van der Waals surface area contributed by atoms with Gasteiger partial charge in [-0.3, -0.25) is 9.89 Å². The Bertz CT molecular complexity index is 782. The number of ether oxygens (including phenoxy) is 2. The van der Waals surface area contributed by atoms with Gasteiger partial charge in [-0.1, -0.05) is 12.1 Å². The Balaban J connectivity index is 1.61. The fourth-order valence-corrected chi connectivity index (χ4v) is 3.54. The second-order valence-electron chi connectivity index (χ2n) is 7.36. The number of rotatable bonds is 9. The second-order valence-corrected chi connectivity index (χ2v) is 7.36. The van der Waals surface area contributed by atoms with Crippen molar-refractivity contribution in [3.8, 4) is 5.75 Å². The number of furan rings is 1. The molecule has 1 unspecified atom stereocenters. The molecule has 7 heteroatoms. The molecular formula is C23H34N4O3. The maximum atomic E-state index is 5.95. The van der Waals surface area contributed by atoms with Crippen LogP contribution in [-0.4, -0.2) is 63.9 Å². The van der Waals surface area contributed by atoms with Gasteiger partial charge in [0.1, 0.15) is 17.3 Å². The number of hydrogen-bond acceptors (Lipinski definition) is 5. The zero-order chi connectivity index (χ0) is 21.2. The average molecular weight is 415 g/mol. The Morgan fingerprint density at radius 3 is 2.53 bits per heavy atom. The van der Waals surface area contributed by atoms with Crippen LogP contribution in [0.5, 0.6) is 5.75 Å². The highest BCUT2D eigenvalue weighted by Crippen LogP contribution is 2.24. The number of aliphatic imine (C=N–C) groups is 1. The number of methoxy groups -OCH3 is 1. The van der Waals surface area contributed by atoms with Gasteiger partial charge in [0.25, 0.3) is 0 Å². The summed E-state index contributed by atoms with van der Waals surface area (Å²) in [5, 5.41) is 6.79. The zero-order valence-corrected chi connectivity index (χ0v) is 18.3. The van der Waals surface area contributed by atoms with E-state index >= 15 is 0 Å². The summed E-state index contributed by atoms with van der Waals surface area (Å²) >= 11 is 0. The molecule has 0 spiro atoms. The summed E-state index contributed by atoms with van der Waals surface area (Å²) in [5.41, 5.74) is 1.26. The summed E-state index contributed by atoms with van der Waals surface area (Å²) in [6.45, 7) is 9.59. The van der Waals surface area contributed by atoms with Gasteiger partial charge in [-0.05, 0) is 50.1 Å². The Labute approximate surface area is 179 Å². The molecule has 0 bridgehead atoms. The monoisotopic (exact) mass is 414 g/mol. The number of morpholine rings is 1. The molecule has 2 heterocycles. The minimum atomic E-state index is 0.111. The van der Waals surface area contributed by atoms with Gasteiger partial charge in [-0.15, -0.1) is 0 Å². The molecule has 1 aliphatic rings. The van der Waals surface area contributed by atoms with Crippen LogP contribution in [0, 0.1) is 6.92 Å². The quantitative estimate of drug-likeness (QED) is 0.486. The molecule has 0 saturated carbocycles. The lowest BCUT2D eigenvalue weighted by molar-refractivity contribution is 0.0135. The molecule has 1 aromatic carbocycles. The molecule has 1 aromatic heterocycles. The molecule has 1 saturated heterocycles. The molecule has 1 aliphatic heterocycles. The molecule has 0 amide bonds. The molecule has 0 radical (unpaired) electrons. The minimum Gasteiger partial charge on any atom is -0.497 e. The number of guanidine groups is 1. The second kappa shape index (κ2) is 11.6. The topological polar surface area (TPSA) is 71.3 Å². The van der Waals surface area contributed by atoms with Crippen LogP contribution >= 0.6 is 0 Å². The summed E-state index contributed by atoms with van der Waals surface area (Å²) in [5.74, 6) is 3.60. The van der Waals surface area contributed by atoms with Crippen molar-refractivity contribution >= 4 is 5.96 Å². The lowest BCUT2D eigenvalue weighted by Gasteiger charge is -2.32. The average Bonchev–Trinajstić information content (AvgIpc) is 3.21. The molecule has 30 heavy (non-hydrogen) atoms. The van der Waals surface area contributed by atoms with Gasteiger partial charge >= 0.3 is 0 Å².